The van der Waals surface area contributed by atoms with Crippen LogP contribution in [0.2, 0.25) is 0 Å². The Kier molecular flexibility index (Phi) is 7.28. The number of benzene rings is 2. The number of aliphatic hydroxyl groups excluding tert-OH is 1. The lowest BCUT2D eigenvalue weighted by Gasteiger charge is -2.26. The van der Waals surface area contributed by atoms with Gasteiger partial charge in [-0.05, 0) is 53.6 Å². The maximum Gasteiger partial charge on any atom is 0.295 e. The van der Waals surface area contributed by atoms with Crippen LogP contribution in [-0.2, 0) is 19.7 Å². The van der Waals surface area contributed by atoms with Gasteiger partial charge in [0.1, 0.15) is 11.5 Å². The molecular weight excluding hydrogens is 418 g/mol. The summed E-state index contributed by atoms with van der Waals surface area (Å²) < 4.78 is 10.4. The van der Waals surface area contributed by atoms with Crippen LogP contribution in [0.3, 0.4) is 0 Å². The summed E-state index contributed by atoms with van der Waals surface area (Å²) >= 11 is 0. The Hall–Kier alpha value is -3.12. The summed E-state index contributed by atoms with van der Waals surface area (Å²) in [6, 6.07) is 12.4. The molecule has 6 heteroatoms. The smallest absolute Gasteiger partial charge is 0.295 e. The molecule has 0 bridgehead atoms. The Morgan fingerprint density at radius 3 is 2.27 bits per heavy atom. The second kappa shape index (κ2) is 9.79. The Morgan fingerprint density at radius 1 is 1.06 bits per heavy atom. The van der Waals surface area contributed by atoms with Gasteiger partial charge in [0.15, 0.2) is 0 Å². The van der Waals surface area contributed by atoms with Crippen LogP contribution >= 0.6 is 0 Å². The molecule has 176 valence electrons. The number of hydrogen-bond donors (Lipinski definition) is 1. The van der Waals surface area contributed by atoms with Crippen molar-refractivity contribution < 1.29 is 24.2 Å². The third kappa shape index (κ3) is 4.96. The number of aryl methyl sites for hydroxylation is 1. The van der Waals surface area contributed by atoms with Gasteiger partial charge in [-0.1, -0.05) is 45.0 Å². The minimum absolute atomic E-state index is 0.0283. The molecule has 3 rings (SSSR count). The number of rotatable bonds is 7. The average molecular weight is 452 g/mol. The minimum Gasteiger partial charge on any atom is -0.507 e. The zero-order valence-electron chi connectivity index (χ0n) is 20.3. The van der Waals surface area contributed by atoms with Crippen LogP contribution < -0.4 is 4.74 Å². The Morgan fingerprint density at radius 2 is 1.73 bits per heavy atom. The van der Waals surface area contributed by atoms with Gasteiger partial charge < -0.3 is 19.5 Å². The Balaban J connectivity index is 2.13. The number of carbonyl (C=O) groups excluding carboxylic acids is 2. The number of amides is 1. The molecule has 1 N–H and O–H groups in total. The highest BCUT2D eigenvalue weighted by atomic mass is 16.5. The van der Waals surface area contributed by atoms with Crippen molar-refractivity contribution in [3.05, 3.63) is 70.3 Å². The van der Waals surface area contributed by atoms with Crippen molar-refractivity contribution in [2.45, 2.75) is 45.6 Å². The molecule has 6 nitrogen and oxygen atoms in total. The molecule has 1 amide bonds. The zero-order chi connectivity index (χ0) is 24.3. The molecule has 1 saturated heterocycles. The van der Waals surface area contributed by atoms with Gasteiger partial charge in [0.05, 0.1) is 18.7 Å². The first-order valence-corrected chi connectivity index (χ1v) is 11.1. The van der Waals surface area contributed by atoms with E-state index in [-0.39, 0.29) is 16.7 Å². The first-order valence-electron chi connectivity index (χ1n) is 11.1. The van der Waals surface area contributed by atoms with Crippen molar-refractivity contribution in [3.63, 3.8) is 0 Å². The van der Waals surface area contributed by atoms with E-state index in [1.165, 1.54) is 4.90 Å². The van der Waals surface area contributed by atoms with Crippen LogP contribution in [0.25, 0.3) is 5.76 Å². The van der Waals surface area contributed by atoms with Crippen LogP contribution in [0, 0.1) is 6.92 Å². The fraction of sp³-hybridized carbons (Fsp3) is 0.407. The maximum atomic E-state index is 13.1. The molecule has 0 aliphatic carbocycles. The number of ketones is 1. The molecule has 1 aliphatic rings. The number of carbonyl (C=O) groups is 2. The van der Waals surface area contributed by atoms with Gasteiger partial charge in [0, 0.05) is 25.8 Å². The fourth-order valence-corrected chi connectivity index (χ4v) is 4.18. The molecule has 2 aromatic rings. The Labute approximate surface area is 195 Å². The summed E-state index contributed by atoms with van der Waals surface area (Å²) in [7, 11) is 3.18. The normalized spacial score (nSPS) is 18.1. The van der Waals surface area contributed by atoms with Gasteiger partial charge >= 0.3 is 0 Å². The molecule has 1 fully saturated rings. The second-order valence-corrected chi connectivity index (χ2v) is 9.40. The summed E-state index contributed by atoms with van der Waals surface area (Å²) in [4.78, 5) is 27.6. The lowest BCUT2D eigenvalue weighted by atomic mass is 9.85. The standard InChI is InChI=1S/C27H33NO5/c1-17-16-19(10-13-21(17)33-6)24(29)22-23(18-8-11-20(12-9-18)27(2,3)4)28(14-7-15-32-5)26(31)25(22)30/h8-13,16,23,29H,7,14-15H2,1-6H3/b24-22+. The van der Waals surface area contributed by atoms with E-state index in [1.54, 1.807) is 32.4 Å². The highest BCUT2D eigenvalue weighted by molar-refractivity contribution is 6.46. The van der Waals surface area contributed by atoms with E-state index in [0.717, 1.165) is 16.7 Å². The number of nitrogens with zero attached hydrogens (tertiary/aromatic N) is 1. The number of Topliss-reactive ketones (excluding diaryl/α,β-unsaturated/α-hetero) is 1. The van der Waals surface area contributed by atoms with Crippen molar-refractivity contribution in [3.8, 4) is 5.75 Å². The van der Waals surface area contributed by atoms with Crippen LogP contribution in [0.5, 0.6) is 5.75 Å². The molecule has 1 unspecified atom stereocenters. The molecule has 0 saturated carbocycles. The lowest BCUT2D eigenvalue weighted by Crippen LogP contribution is -2.31. The van der Waals surface area contributed by atoms with E-state index in [0.29, 0.717) is 30.9 Å². The van der Waals surface area contributed by atoms with E-state index >= 15 is 0 Å². The molecule has 0 spiro atoms. The summed E-state index contributed by atoms with van der Waals surface area (Å²) in [5.74, 6) is -0.787. The van der Waals surface area contributed by atoms with Crippen LogP contribution in [0.4, 0.5) is 0 Å². The molecule has 2 aromatic carbocycles. The van der Waals surface area contributed by atoms with Crippen LogP contribution in [0.1, 0.15) is 55.5 Å². The van der Waals surface area contributed by atoms with Crippen molar-refractivity contribution in [2.75, 3.05) is 27.4 Å². The zero-order valence-corrected chi connectivity index (χ0v) is 20.3. The summed E-state index contributed by atoms with van der Waals surface area (Å²) in [6.07, 6.45) is 0.585. The highest BCUT2D eigenvalue weighted by Gasteiger charge is 2.45. The quantitative estimate of drug-likeness (QED) is 0.284. The SMILES string of the molecule is COCCCN1C(=O)C(=O)/C(=C(/O)c2ccc(OC)c(C)c2)C1c1ccc(C(C)(C)C)cc1. The van der Waals surface area contributed by atoms with Crippen molar-refractivity contribution >= 4 is 17.4 Å². The average Bonchev–Trinajstić information content (AvgIpc) is 3.03. The van der Waals surface area contributed by atoms with Gasteiger partial charge in [-0.15, -0.1) is 0 Å². The van der Waals surface area contributed by atoms with E-state index < -0.39 is 17.7 Å². The first-order chi connectivity index (χ1) is 15.6. The van der Waals surface area contributed by atoms with Gasteiger partial charge in [-0.2, -0.15) is 0 Å². The first kappa shape index (κ1) is 24.5. The molecule has 0 aromatic heterocycles. The van der Waals surface area contributed by atoms with Gasteiger partial charge in [-0.3, -0.25) is 9.59 Å². The topological polar surface area (TPSA) is 76.1 Å². The van der Waals surface area contributed by atoms with E-state index in [2.05, 4.69) is 20.8 Å². The lowest BCUT2D eigenvalue weighted by molar-refractivity contribution is -0.140. The van der Waals surface area contributed by atoms with E-state index in [9.17, 15) is 14.7 Å². The van der Waals surface area contributed by atoms with Crippen molar-refractivity contribution in [1.82, 2.24) is 4.90 Å². The highest BCUT2D eigenvalue weighted by Crippen LogP contribution is 2.40. The third-order valence-electron chi connectivity index (χ3n) is 6.05. The minimum atomic E-state index is -0.678. The number of methoxy groups -OCH3 is 2. The van der Waals surface area contributed by atoms with Gasteiger partial charge in [0.2, 0.25) is 0 Å². The predicted octanol–water partition coefficient (Wildman–Crippen LogP) is 4.76. The summed E-state index contributed by atoms with van der Waals surface area (Å²) in [5, 5.41) is 11.2. The fourth-order valence-electron chi connectivity index (χ4n) is 4.18. The number of hydrogen-bond acceptors (Lipinski definition) is 5. The van der Waals surface area contributed by atoms with Crippen molar-refractivity contribution in [1.29, 1.82) is 0 Å². The maximum absolute atomic E-state index is 13.1. The molecule has 1 aliphatic heterocycles. The monoisotopic (exact) mass is 451 g/mol. The van der Waals surface area contributed by atoms with E-state index in [1.807, 2.05) is 31.2 Å². The summed E-state index contributed by atoms with van der Waals surface area (Å²) in [6.45, 7) is 9.07. The molecule has 1 heterocycles. The number of ether oxygens (including phenoxy) is 2. The molecule has 1 atom stereocenters. The van der Waals surface area contributed by atoms with Crippen molar-refractivity contribution in [2.24, 2.45) is 0 Å². The molecular formula is C27H33NO5. The largest absolute Gasteiger partial charge is 0.507 e. The third-order valence-corrected chi connectivity index (χ3v) is 6.05. The van der Waals surface area contributed by atoms with Crippen LogP contribution in [0.15, 0.2) is 48.0 Å². The number of aliphatic hydroxyl groups is 1. The van der Waals surface area contributed by atoms with E-state index in [4.69, 9.17) is 9.47 Å². The molecule has 0 radical (unpaired) electrons. The predicted molar refractivity (Wildman–Crippen MR) is 128 cm³/mol. The van der Waals surface area contributed by atoms with Gasteiger partial charge in [0.25, 0.3) is 11.7 Å². The summed E-state index contributed by atoms with van der Waals surface area (Å²) in [5.41, 5.74) is 3.30. The number of likely N-dealkylation sites (tertiary alicyclic amines) is 1. The van der Waals surface area contributed by atoms with Crippen LogP contribution in [-0.4, -0.2) is 49.1 Å². The van der Waals surface area contributed by atoms with Gasteiger partial charge in [-0.25, -0.2) is 0 Å². The Bertz CT molecular complexity index is 1060. The second-order valence-electron chi connectivity index (χ2n) is 9.40. The molecule has 33 heavy (non-hydrogen) atoms.